The number of hydrogen-bond acceptors (Lipinski definition) is 6. The lowest BCUT2D eigenvalue weighted by atomic mass is 10.2. The molecular weight excluding hydrogens is 184 g/mol. The summed E-state index contributed by atoms with van der Waals surface area (Å²) in [6.07, 6.45) is -2.76. The van der Waals surface area contributed by atoms with Crippen LogP contribution >= 0.6 is 0 Å². The topological polar surface area (TPSA) is 141 Å². The molecule has 74 valence electrons. The van der Waals surface area contributed by atoms with Gasteiger partial charge in [0.1, 0.15) is 0 Å². The Labute approximate surface area is 72.2 Å². The number of nitro groups is 2. The van der Waals surface area contributed by atoms with E-state index in [4.69, 9.17) is 0 Å². The zero-order valence-corrected chi connectivity index (χ0v) is 6.50. The second-order valence-electron chi connectivity index (χ2n) is 2.16. The summed E-state index contributed by atoms with van der Waals surface area (Å²) in [5.74, 6) is 4.00. The standard InChI is InChI=1S/C4H8N4O5/c5-6-3(9)1-2-4(7(10)11)8(12)13/h4H,1-2,5H2,(H,6,9). The molecule has 0 spiro atoms. The van der Waals surface area contributed by atoms with E-state index < -0.39 is 28.3 Å². The van der Waals surface area contributed by atoms with Crippen LogP contribution in [0.25, 0.3) is 0 Å². The zero-order chi connectivity index (χ0) is 10.4. The van der Waals surface area contributed by atoms with E-state index in [0.29, 0.717) is 0 Å². The minimum Gasteiger partial charge on any atom is -0.294 e. The SMILES string of the molecule is NNC(=O)CCC([N+](=O)[O-])[N+](=O)[O-]. The number of rotatable bonds is 5. The second-order valence-corrected chi connectivity index (χ2v) is 2.16. The molecule has 0 unspecified atom stereocenters. The molecule has 1 amide bonds. The third-order valence-electron chi connectivity index (χ3n) is 1.28. The third-order valence-corrected chi connectivity index (χ3v) is 1.28. The molecule has 0 rings (SSSR count). The molecule has 0 aromatic heterocycles. The molecule has 0 aliphatic rings. The van der Waals surface area contributed by atoms with Gasteiger partial charge in [0.2, 0.25) is 5.91 Å². The van der Waals surface area contributed by atoms with E-state index in [-0.39, 0.29) is 6.42 Å². The molecule has 0 aliphatic heterocycles. The first-order valence-corrected chi connectivity index (χ1v) is 3.25. The van der Waals surface area contributed by atoms with Crippen LogP contribution in [0.3, 0.4) is 0 Å². The molecular formula is C4H8N4O5. The number of nitrogens with zero attached hydrogens (tertiary/aromatic N) is 2. The van der Waals surface area contributed by atoms with E-state index in [0.717, 1.165) is 0 Å². The van der Waals surface area contributed by atoms with Crippen LogP contribution in [0.2, 0.25) is 0 Å². The lowest BCUT2D eigenvalue weighted by Crippen LogP contribution is -2.34. The van der Waals surface area contributed by atoms with Gasteiger partial charge in [0, 0.05) is 6.42 Å². The molecule has 0 aliphatic carbocycles. The van der Waals surface area contributed by atoms with Crippen molar-refractivity contribution in [1.29, 1.82) is 0 Å². The fourth-order valence-corrected chi connectivity index (χ4v) is 0.620. The van der Waals surface area contributed by atoms with Crippen LogP contribution in [-0.2, 0) is 4.79 Å². The van der Waals surface area contributed by atoms with Crippen molar-refractivity contribution >= 4 is 5.91 Å². The number of carbonyl (C=O) groups excluding carboxylic acids is 1. The molecule has 0 bridgehead atoms. The van der Waals surface area contributed by atoms with Gasteiger partial charge in [-0.25, -0.2) is 5.84 Å². The Kier molecular flexibility index (Phi) is 4.30. The van der Waals surface area contributed by atoms with Crippen molar-refractivity contribution in [3.63, 3.8) is 0 Å². The predicted octanol–water partition coefficient (Wildman–Crippen LogP) is -1.36. The van der Waals surface area contributed by atoms with Gasteiger partial charge in [-0.3, -0.25) is 30.4 Å². The highest BCUT2D eigenvalue weighted by atomic mass is 16.7. The summed E-state index contributed by atoms with van der Waals surface area (Å²) < 4.78 is 0. The maximum absolute atomic E-state index is 10.5. The molecule has 9 heteroatoms. The molecule has 13 heavy (non-hydrogen) atoms. The van der Waals surface area contributed by atoms with Gasteiger partial charge in [-0.2, -0.15) is 0 Å². The Morgan fingerprint density at radius 2 is 1.85 bits per heavy atom. The molecule has 0 aromatic rings. The monoisotopic (exact) mass is 192 g/mol. The normalized spacial score (nSPS) is 9.69. The summed E-state index contributed by atoms with van der Waals surface area (Å²) in [4.78, 5) is 28.5. The number of hydrogen-bond donors (Lipinski definition) is 2. The smallest absolute Gasteiger partial charge is 0.294 e. The van der Waals surface area contributed by atoms with Gasteiger partial charge in [0.15, 0.2) is 0 Å². The van der Waals surface area contributed by atoms with Gasteiger partial charge in [-0.1, -0.05) is 0 Å². The number of hydrazine groups is 1. The van der Waals surface area contributed by atoms with E-state index in [1.54, 1.807) is 5.43 Å². The van der Waals surface area contributed by atoms with Crippen molar-refractivity contribution in [2.45, 2.75) is 19.0 Å². The van der Waals surface area contributed by atoms with Crippen molar-refractivity contribution in [3.05, 3.63) is 20.2 Å². The van der Waals surface area contributed by atoms with Crippen molar-refractivity contribution in [2.75, 3.05) is 0 Å². The van der Waals surface area contributed by atoms with E-state index in [9.17, 15) is 25.0 Å². The molecule has 0 aromatic carbocycles. The molecule has 0 saturated heterocycles. The molecule has 0 atom stereocenters. The van der Waals surface area contributed by atoms with E-state index >= 15 is 0 Å². The molecule has 0 saturated carbocycles. The first-order chi connectivity index (χ1) is 5.99. The van der Waals surface area contributed by atoms with E-state index in [1.807, 2.05) is 0 Å². The first-order valence-electron chi connectivity index (χ1n) is 3.25. The Hall–Kier alpha value is -1.77. The molecule has 0 fully saturated rings. The summed E-state index contributed by atoms with van der Waals surface area (Å²) in [5, 5.41) is 20.1. The van der Waals surface area contributed by atoms with Gasteiger partial charge in [0.05, 0.1) is 16.3 Å². The third kappa shape index (κ3) is 3.96. The maximum Gasteiger partial charge on any atom is 0.451 e. The number of nitrogens with two attached hydrogens (primary N) is 1. The van der Waals surface area contributed by atoms with E-state index in [1.165, 1.54) is 0 Å². The Bertz CT molecular complexity index is 215. The first kappa shape index (κ1) is 11.2. The highest BCUT2D eigenvalue weighted by molar-refractivity contribution is 5.75. The van der Waals surface area contributed by atoms with Crippen LogP contribution in [-0.4, -0.2) is 21.9 Å². The average molecular weight is 192 g/mol. The fraction of sp³-hybridized carbons (Fsp3) is 0.750. The predicted molar refractivity (Wildman–Crippen MR) is 39.3 cm³/mol. The van der Waals surface area contributed by atoms with Gasteiger partial charge in [-0.15, -0.1) is 0 Å². The van der Waals surface area contributed by atoms with E-state index in [2.05, 4.69) is 5.84 Å². The number of nitrogens with one attached hydrogen (secondary N) is 1. The van der Waals surface area contributed by atoms with Crippen LogP contribution in [0.4, 0.5) is 0 Å². The quantitative estimate of drug-likeness (QED) is 0.181. The lowest BCUT2D eigenvalue weighted by molar-refractivity contribution is -0.742. The lowest BCUT2D eigenvalue weighted by Gasteiger charge is -2.00. The minimum atomic E-state index is -1.95. The van der Waals surface area contributed by atoms with Crippen molar-refractivity contribution in [2.24, 2.45) is 5.84 Å². The summed E-state index contributed by atoms with van der Waals surface area (Å²) in [5.41, 5.74) is 1.71. The largest absolute Gasteiger partial charge is 0.451 e. The van der Waals surface area contributed by atoms with Crippen LogP contribution < -0.4 is 11.3 Å². The summed E-state index contributed by atoms with van der Waals surface area (Å²) in [6, 6.07) is 0. The molecule has 3 N–H and O–H groups in total. The van der Waals surface area contributed by atoms with Gasteiger partial charge < -0.3 is 0 Å². The summed E-state index contributed by atoms with van der Waals surface area (Å²) >= 11 is 0. The highest BCUT2D eigenvalue weighted by Gasteiger charge is 2.32. The summed E-state index contributed by atoms with van der Waals surface area (Å²) in [6.45, 7) is 0. The second kappa shape index (κ2) is 4.98. The molecule has 0 heterocycles. The van der Waals surface area contributed by atoms with Crippen molar-refractivity contribution in [3.8, 4) is 0 Å². The van der Waals surface area contributed by atoms with Crippen LogP contribution in [0.1, 0.15) is 12.8 Å². The van der Waals surface area contributed by atoms with Gasteiger partial charge in [-0.05, 0) is 0 Å². The Morgan fingerprint density at radius 1 is 1.38 bits per heavy atom. The van der Waals surface area contributed by atoms with Gasteiger partial charge >= 0.3 is 6.17 Å². The Balaban J connectivity index is 4.05. The molecule has 9 nitrogen and oxygen atoms in total. The minimum absolute atomic E-state index is 0.344. The number of amides is 1. The Morgan fingerprint density at radius 3 is 2.15 bits per heavy atom. The van der Waals surface area contributed by atoms with Crippen LogP contribution in [0.5, 0.6) is 0 Å². The molecule has 0 radical (unpaired) electrons. The average Bonchev–Trinajstić information content (AvgIpc) is 2.03. The maximum atomic E-state index is 10.5. The fourth-order valence-electron chi connectivity index (χ4n) is 0.620. The van der Waals surface area contributed by atoms with Crippen molar-refractivity contribution < 1.29 is 14.6 Å². The number of carbonyl (C=O) groups is 1. The highest BCUT2D eigenvalue weighted by Crippen LogP contribution is 2.01. The zero-order valence-electron chi connectivity index (χ0n) is 6.50. The van der Waals surface area contributed by atoms with Crippen LogP contribution in [0, 0.1) is 20.2 Å². The van der Waals surface area contributed by atoms with Crippen LogP contribution in [0.15, 0.2) is 0 Å². The van der Waals surface area contributed by atoms with Gasteiger partial charge in [0.25, 0.3) is 0 Å². The van der Waals surface area contributed by atoms with Crippen molar-refractivity contribution in [1.82, 2.24) is 5.43 Å². The summed E-state index contributed by atoms with van der Waals surface area (Å²) in [7, 11) is 0.